The molecule has 7 nitrogen and oxygen atoms in total. The minimum absolute atomic E-state index is 0.0432. The van der Waals surface area contributed by atoms with Gasteiger partial charge >= 0.3 is 5.97 Å². The van der Waals surface area contributed by atoms with E-state index in [0.717, 1.165) is 37.0 Å². The number of sulfonamides is 1. The molecule has 0 radical (unpaired) electrons. The van der Waals surface area contributed by atoms with Crippen molar-refractivity contribution in [3.05, 3.63) is 37.7 Å². The monoisotopic (exact) mass is 428 g/mol. The van der Waals surface area contributed by atoms with Crippen LogP contribution < -0.4 is 10.3 Å². The molecule has 2 N–H and O–H groups in total. The first-order valence-electron chi connectivity index (χ1n) is 8.52. The molecular formula is C17H20N2O5S3. The third-order valence-corrected chi connectivity index (χ3v) is 7.86. The Morgan fingerprint density at radius 2 is 1.89 bits per heavy atom. The second-order valence-corrected chi connectivity index (χ2v) is 9.84. The van der Waals surface area contributed by atoms with E-state index in [1.54, 1.807) is 0 Å². The van der Waals surface area contributed by atoms with Crippen molar-refractivity contribution in [2.45, 2.75) is 43.4 Å². The Morgan fingerprint density at radius 1 is 1.15 bits per heavy atom. The van der Waals surface area contributed by atoms with Gasteiger partial charge in [0.25, 0.3) is 15.9 Å². The Balaban J connectivity index is 1.71. The molecule has 0 saturated carbocycles. The standard InChI is InChI=1S/C17H20N2O5S3/c1-24-17(21)15-14(8-9-25-15)27(22,23)19-18-16(20)13-10-11-6-4-2-3-5-7-12(11)26-13/h8-10,19H,2-7H2,1H3,(H,18,20). The van der Waals surface area contributed by atoms with Crippen LogP contribution in [0.4, 0.5) is 0 Å². The summed E-state index contributed by atoms with van der Waals surface area (Å²) in [4.78, 5) is 27.6. The number of rotatable bonds is 5. The molecule has 1 aliphatic rings. The molecule has 146 valence electrons. The lowest BCUT2D eigenvalue weighted by Crippen LogP contribution is -2.41. The lowest BCUT2D eigenvalue weighted by Gasteiger charge is -2.07. The second-order valence-electron chi connectivity index (χ2n) is 6.14. The number of hydrazine groups is 1. The van der Waals surface area contributed by atoms with Gasteiger partial charge in [-0.05, 0) is 48.8 Å². The summed E-state index contributed by atoms with van der Waals surface area (Å²) in [6.07, 6.45) is 6.50. The second kappa shape index (κ2) is 8.51. The van der Waals surface area contributed by atoms with E-state index in [4.69, 9.17) is 0 Å². The molecule has 0 aromatic carbocycles. The number of hydrogen-bond acceptors (Lipinski definition) is 7. The quantitative estimate of drug-likeness (QED) is 0.563. The average Bonchev–Trinajstić information content (AvgIpc) is 3.27. The maximum Gasteiger partial charge on any atom is 0.349 e. The molecule has 0 aliphatic heterocycles. The maximum absolute atomic E-state index is 12.4. The number of methoxy groups -OCH3 is 1. The van der Waals surface area contributed by atoms with Crippen LogP contribution in [0.3, 0.4) is 0 Å². The number of thiophene rings is 2. The topological polar surface area (TPSA) is 102 Å². The van der Waals surface area contributed by atoms with E-state index in [1.165, 1.54) is 53.2 Å². The molecule has 10 heteroatoms. The third-order valence-electron chi connectivity index (χ3n) is 4.31. The van der Waals surface area contributed by atoms with E-state index in [1.807, 2.05) is 6.07 Å². The van der Waals surface area contributed by atoms with Crippen LogP contribution in [0, 0.1) is 0 Å². The number of fused-ring (bicyclic) bond motifs is 1. The Bertz CT molecular complexity index is 920. The molecule has 2 aromatic heterocycles. The van der Waals surface area contributed by atoms with Crippen molar-refractivity contribution < 1.29 is 22.7 Å². The van der Waals surface area contributed by atoms with Crippen LogP contribution in [0.2, 0.25) is 0 Å². The van der Waals surface area contributed by atoms with Gasteiger partial charge in [0.15, 0.2) is 0 Å². The van der Waals surface area contributed by atoms with Gasteiger partial charge in [-0.15, -0.1) is 27.5 Å². The van der Waals surface area contributed by atoms with E-state index >= 15 is 0 Å². The number of ether oxygens (including phenoxy) is 1. The van der Waals surface area contributed by atoms with Crippen molar-refractivity contribution in [2.24, 2.45) is 0 Å². The Kier molecular flexibility index (Phi) is 6.30. The zero-order valence-corrected chi connectivity index (χ0v) is 17.2. The van der Waals surface area contributed by atoms with Crippen LogP contribution in [0.5, 0.6) is 0 Å². The third kappa shape index (κ3) is 4.57. The van der Waals surface area contributed by atoms with Gasteiger partial charge in [0, 0.05) is 4.88 Å². The van der Waals surface area contributed by atoms with E-state index in [0.29, 0.717) is 4.88 Å². The summed E-state index contributed by atoms with van der Waals surface area (Å²) in [6, 6.07) is 3.14. The minimum Gasteiger partial charge on any atom is -0.465 e. The van der Waals surface area contributed by atoms with Crippen molar-refractivity contribution in [3.63, 3.8) is 0 Å². The molecule has 3 rings (SSSR count). The number of esters is 1. The van der Waals surface area contributed by atoms with Crippen molar-refractivity contribution in [1.29, 1.82) is 0 Å². The van der Waals surface area contributed by atoms with Crippen LogP contribution in [0.15, 0.2) is 22.4 Å². The van der Waals surface area contributed by atoms with E-state index in [2.05, 4.69) is 15.0 Å². The first kappa shape index (κ1) is 20.0. The van der Waals surface area contributed by atoms with Gasteiger partial charge in [0.1, 0.15) is 9.77 Å². The molecule has 2 aromatic rings. The molecule has 0 saturated heterocycles. The summed E-state index contributed by atoms with van der Waals surface area (Å²) in [5.74, 6) is -1.25. The summed E-state index contributed by atoms with van der Waals surface area (Å²) in [5.41, 5.74) is 3.42. The number of hydrogen-bond donors (Lipinski definition) is 2. The van der Waals surface area contributed by atoms with E-state index < -0.39 is 21.9 Å². The molecule has 27 heavy (non-hydrogen) atoms. The molecule has 1 aliphatic carbocycles. The summed E-state index contributed by atoms with van der Waals surface area (Å²) < 4.78 is 29.5. The largest absolute Gasteiger partial charge is 0.465 e. The molecule has 0 unspecified atom stereocenters. The maximum atomic E-state index is 12.4. The number of carbonyl (C=O) groups is 2. The molecule has 2 heterocycles. The van der Waals surface area contributed by atoms with Gasteiger partial charge in [0.2, 0.25) is 0 Å². The Labute approximate surface area is 165 Å². The predicted octanol–water partition coefficient (Wildman–Crippen LogP) is 2.88. The first-order valence-corrected chi connectivity index (χ1v) is 11.7. The lowest BCUT2D eigenvalue weighted by molar-refractivity contribution is 0.0602. The van der Waals surface area contributed by atoms with Gasteiger partial charge in [-0.2, -0.15) is 0 Å². The van der Waals surface area contributed by atoms with Crippen molar-refractivity contribution in [2.75, 3.05) is 7.11 Å². The number of carbonyl (C=O) groups excluding carboxylic acids is 2. The molecule has 1 amide bonds. The number of aryl methyl sites for hydroxylation is 2. The normalized spacial score (nSPS) is 14.7. The lowest BCUT2D eigenvalue weighted by atomic mass is 10.00. The average molecular weight is 429 g/mol. The minimum atomic E-state index is -4.09. The molecule has 0 spiro atoms. The SMILES string of the molecule is COC(=O)c1sccc1S(=O)(=O)NNC(=O)c1cc2c(s1)CCCCCC2. The fraction of sp³-hybridized carbons (Fsp3) is 0.412. The molecule has 0 fully saturated rings. The number of amides is 1. The highest BCUT2D eigenvalue weighted by Crippen LogP contribution is 2.28. The van der Waals surface area contributed by atoms with Gasteiger partial charge < -0.3 is 4.74 Å². The Hall–Kier alpha value is -1.75. The molecule has 0 atom stereocenters. The van der Waals surface area contributed by atoms with Gasteiger partial charge in [-0.3, -0.25) is 10.2 Å². The predicted molar refractivity (Wildman–Crippen MR) is 104 cm³/mol. The van der Waals surface area contributed by atoms with Gasteiger partial charge in [-0.25, -0.2) is 13.2 Å². The van der Waals surface area contributed by atoms with E-state index in [9.17, 15) is 18.0 Å². The number of nitrogens with one attached hydrogen (secondary N) is 2. The fourth-order valence-corrected chi connectivity index (χ4v) is 6.26. The van der Waals surface area contributed by atoms with Crippen LogP contribution in [0.1, 0.15) is 55.5 Å². The summed E-state index contributed by atoms with van der Waals surface area (Å²) in [5, 5.41) is 1.47. The van der Waals surface area contributed by atoms with Crippen LogP contribution in [-0.4, -0.2) is 27.4 Å². The zero-order valence-electron chi connectivity index (χ0n) is 14.7. The summed E-state index contributed by atoms with van der Waals surface area (Å²) >= 11 is 2.36. The highest BCUT2D eigenvalue weighted by Gasteiger charge is 2.25. The van der Waals surface area contributed by atoms with Crippen molar-refractivity contribution in [1.82, 2.24) is 10.3 Å². The highest BCUT2D eigenvalue weighted by molar-refractivity contribution is 7.89. The summed E-state index contributed by atoms with van der Waals surface area (Å²) in [6.45, 7) is 0. The first-order chi connectivity index (χ1) is 12.9. The van der Waals surface area contributed by atoms with Crippen LogP contribution >= 0.6 is 22.7 Å². The van der Waals surface area contributed by atoms with Gasteiger partial charge in [0.05, 0.1) is 12.0 Å². The molecule has 0 bridgehead atoms. The summed E-state index contributed by atoms with van der Waals surface area (Å²) in [7, 11) is -2.91. The van der Waals surface area contributed by atoms with E-state index in [-0.39, 0.29) is 9.77 Å². The van der Waals surface area contributed by atoms with Crippen LogP contribution in [-0.2, 0) is 27.6 Å². The van der Waals surface area contributed by atoms with Gasteiger partial charge in [-0.1, -0.05) is 12.8 Å². The fourth-order valence-electron chi connectivity index (χ4n) is 2.94. The van der Waals surface area contributed by atoms with Crippen molar-refractivity contribution in [3.8, 4) is 0 Å². The highest BCUT2D eigenvalue weighted by atomic mass is 32.2. The Morgan fingerprint density at radius 3 is 2.63 bits per heavy atom. The smallest absolute Gasteiger partial charge is 0.349 e. The molecular weight excluding hydrogens is 408 g/mol. The zero-order chi connectivity index (χ0) is 19.4. The van der Waals surface area contributed by atoms with Crippen LogP contribution in [0.25, 0.3) is 0 Å². The van der Waals surface area contributed by atoms with Crippen molar-refractivity contribution >= 4 is 44.6 Å².